The number of aromatic nitrogens is 1. The van der Waals surface area contributed by atoms with Crippen molar-refractivity contribution in [1.82, 2.24) is 10.3 Å². The van der Waals surface area contributed by atoms with Gasteiger partial charge in [0, 0.05) is 23.4 Å². The quantitative estimate of drug-likeness (QED) is 0.755. The molecule has 4 heteroatoms. The minimum atomic E-state index is 0.721. The van der Waals surface area contributed by atoms with Gasteiger partial charge in [-0.3, -0.25) is 0 Å². The Morgan fingerprint density at radius 2 is 2.75 bits per heavy atom. The third-order valence-corrected chi connectivity index (χ3v) is 4.11. The monoisotopic (exact) mass is 200 g/mol. The lowest BCUT2D eigenvalue weighted by Crippen LogP contribution is -2.23. The van der Waals surface area contributed by atoms with Crippen molar-refractivity contribution in [1.29, 1.82) is 0 Å². The van der Waals surface area contributed by atoms with E-state index in [2.05, 4.69) is 10.3 Å². The van der Waals surface area contributed by atoms with Crippen LogP contribution in [0, 0.1) is 0 Å². The van der Waals surface area contributed by atoms with Gasteiger partial charge in [-0.15, -0.1) is 11.3 Å². The van der Waals surface area contributed by atoms with Crippen molar-refractivity contribution < 1.29 is 0 Å². The Balaban J connectivity index is 1.74. The molecule has 0 unspecified atom stereocenters. The van der Waals surface area contributed by atoms with Crippen LogP contribution in [0.3, 0.4) is 0 Å². The molecule has 1 aliphatic rings. The van der Waals surface area contributed by atoms with E-state index in [-0.39, 0.29) is 0 Å². The SMILES string of the molecule is c1csc(SC[C@@H]2CCCN2)n1. The molecule has 1 N–H and O–H groups in total. The summed E-state index contributed by atoms with van der Waals surface area (Å²) in [4.78, 5) is 4.23. The minimum Gasteiger partial charge on any atom is -0.313 e. The first kappa shape index (κ1) is 8.53. The molecule has 0 saturated carbocycles. The van der Waals surface area contributed by atoms with Gasteiger partial charge in [0.15, 0.2) is 0 Å². The average molecular weight is 200 g/mol. The van der Waals surface area contributed by atoms with Gasteiger partial charge in [-0.05, 0) is 19.4 Å². The summed E-state index contributed by atoms with van der Waals surface area (Å²) in [5, 5.41) is 5.51. The van der Waals surface area contributed by atoms with Gasteiger partial charge in [-0.2, -0.15) is 0 Å². The number of nitrogens with one attached hydrogen (secondary N) is 1. The van der Waals surface area contributed by atoms with E-state index in [4.69, 9.17) is 0 Å². The zero-order valence-corrected chi connectivity index (χ0v) is 8.46. The van der Waals surface area contributed by atoms with E-state index in [9.17, 15) is 0 Å². The summed E-state index contributed by atoms with van der Waals surface area (Å²) in [5.74, 6) is 1.17. The molecule has 0 spiro atoms. The van der Waals surface area contributed by atoms with Crippen molar-refractivity contribution >= 4 is 23.1 Å². The van der Waals surface area contributed by atoms with Gasteiger partial charge in [0.1, 0.15) is 4.34 Å². The topological polar surface area (TPSA) is 24.9 Å². The number of hydrogen-bond donors (Lipinski definition) is 1. The van der Waals surface area contributed by atoms with Crippen molar-refractivity contribution in [2.75, 3.05) is 12.3 Å². The van der Waals surface area contributed by atoms with Crippen LogP contribution in [0.4, 0.5) is 0 Å². The summed E-state index contributed by atoms with van der Waals surface area (Å²) in [5.41, 5.74) is 0. The van der Waals surface area contributed by atoms with E-state index in [1.807, 2.05) is 23.3 Å². The molecular formula is C8H12N2S2. The summed E-state index contributed by atoms with van der Waals surface area (Å²) < 4.78 is 1.20. The first-order valence-electron chi connectivity index (χ1n) is 4.21. The fourth-order valence-corrected chi connectivity index (χ4v) is 3.12. The van der Waals surface area contributed by atoms with Crippen LogP contribution < -0.4 is 5.32 Å². The highest BCUT2D eigenvalue weighted by molar-refractivity contribution is 8.01. The second kappa shape index (κ2) is 4.25. The number of hydrogen-bond acceptors (Lipinski definition) is 4. The van der Waals surface area contributed by atoms with Gasteiger partial charge in [-0.25, -0.2) is 4.98 Å². The first-order valence-corrected chi connectivity index (χ1v) is 6.07. The Morgan fingerprint density at radius 3 is 3.42 bits per heavy atom. The summed E-state index contributed by atoms with van der Waals surface area (Å²) in [6, 6.07) is 0.721. The largest absolute Gasteiger partial charge is 0.313 e. The normalized spacial score (nSPS) is 23.2. The minimum absolute atomic E-state index is 0.721. The first-order chi connectivity index (χ1) is 5.95. The molecule has 1 atom stereocenters. The maximum Gasteiger partial charge on any atom is 0.149 e. The smallest absolute Gasteiger partial charge is 0.149 e. The van der Waals surface area contributed by atoms with Gasteiger partial charge in [0.05, 0.1) is 0 Å². The third-order valence-electron chi connectivity index (χ3n) is 1.98. The molecular weight excluding hydrogens is 188 g/mol. The maximum atomic E-state index is 4.23. The highest BCUT2D eigenvalue weighted by Crippen LogP contribution is 2.22. The van der Waals surface area contributed by atoms with Crippen molar-refractivity contribution in [3.63, 3.8) is 0 Å². The molecule has 0 bridgehead atoms. The van der Waals surface area contributed by atoms with E-state index in [0.29, 0.717) is 0 Å². The summed E-state index contributed by atoms with van der Waals surface area (Å²) in [7, 11) is 0. The van der Waals surface area contributed by atoms with Gasteiger partial charge in [-0.1, -0.05) is 11.8 Å². The Hall–Kier alpha value is -0.0600. The molecule has 12 heavy (non-hydrogen) atoms. The molecule has 0 aliphatic carbocycles. The standard InChI is InChI=1S/C8H12N2S2/c1-2-7(9-3-1)6-12-8-10-4-5-11-8/h4-5,7,9H,1-3,6H2/t7-/m0/s1. The van der Waals surface area contributed by atoms with Crippen LogP contribution in [0.5, 0.6) is 0 Å². The summed E-state index contributed by atoms with van der Waals surface area (Å²) in [6.45, 7) is 1.20. The molecule has 1 saturated heterocycles. The van der Waals surface area contributed by atoms with E-state index >= 15 is 0 Å². The van der Waals surface area contributed by atoms with Crippen molar-refractivity contribution in [3.8, 4) is 0 Å². The van der Waals surface area contributed by atoms with Crippen LogP contribution in [0.1, 0.15) is 12.8 Å². The van der Waals surface area contributed by atoms with Crippen molar-refractivity contribution in [3.05, 3.63) is 11.6 Å². The molecule has 1 aromatic rings. The molecule has 0 amide bonds. The van der Waals surface area contributed by atoms with Crippen molar-refractivity contribution in [2.45, 2.75) is 23.2 Å². The molecule has 1 aliphatic heterocycles. The van der Waals surface area contributed by atoms with Gasteiger partial charge >= 0.3 is 0 Å². The Morgan fingerprint density at radius 1 is 1.75 bits per heavy atom. The number of rotatable bonds is 3. The van der Waals surface area contributed by atoms with Crippen LogP contribution in [-0.4, -0.2) is 23.3 Å². The Labute approximate surface area is 80.8 Å². The average Bonchev–Trinajstić information content (AvgIpc) is 2.74. The molecule has 2 nitrogen and oxygen atoms in total. The number of thiazole rings is 1. The maximum absolute atomic E-state index is 4.23. The van der Waals surface area contributed by atoms with Crippen LogP contribution in [0.2, 0.25) is 0 Å². The Kier molecular flexibility index (Phi) is 3.03. The van der Waals surface area contributed by atoms with E-state index < -0.39 is 0 Å². The van der Waals surface area contributed by atoms with Gasteiger partial charge < -0.3 is 5.32 Å². The fourth-order valence-electron chi connectivity index (χ4n) is 1.35. The van der Waals surface area contributed by atoms with Crippen molar-refractivity contribution in [2.24, 2.45) is 0 Å². The second-order valence-corrected chi connectivity index (χ2v) is 5.06. The van der Waals surface area contributed by atoms with Gasteiger partial charge in [0.25, 0.3) is 0 Å². The predicted molar refractivity (Wildman–Crippen MR) is 53.9 cm³/mol. The lowest BCUT2D eigenvalue weighted by Gasteiger charge is -2.06. The van der Waals surface area contributed by atoms with Crippen LogP contribution in [0.25, 0.3) is 0 Å². The molecule has 1 fully saturated rings. The van der Waals surface area contributed by atoms with E-state index in [1.54, 1.807) is 11.3 Å². The lowest BCUT2D eigenvalue weighted by atomic mass is 10.3. The van der Waals surface area contributed by atoms with Crippen LogP contribution >= 0.6 is 23.1 Å². The predicted octanol–water partition coefficient (Wildman–Crippen LogP) is 1.99. The highest BCUT2D eigenvalue weighted by Gasteiger charge is 2.14. The molecule has 0 radical (unpaired) electrons. The number of nitrogens with zero attached hydrogens (tertiary/aromatic N) is 1. The zero-order chi connectivity index (χ0) is 8.23. The fraction of sp³-hybridized carbons (Fsp3) is 0.625. The van der Waals surface area contributed by atoms with E-state index in [1.165, 1.54) is 29.5 Å². The van der Waals surface area contributed by atoms with E-state index in [0.717, 1.165) is 6.04 Å². The molecule has 1 aromatic heterocycles. The zero-order valence-electron chi connectivity index (χ0n) is 6.82. The van der Waals surface area contributed by atoms with Crippen LogP contribution in [0.15, 0.2) is 15.9 Å². The molecule has 2 heterocycles. The molecule has 2 rings (SSSR count). The third kappa shape index (κ3) is 2.21. The summed E-state index contributed by atoms with van der Waals surface area (Å²) >= 11 is 3.60. The lowest BCUT2D eigenvalue weighted by molar-refractivity contribution is 0.674. The second-order valence-electron chi connectivity index (χ2n) is 2.90. The Bertz CT molecular complexity index is 217. The molecule has 66 valence electrons. The van der Waals surface area contributed by atoms with Gasteiger partial charge in [0.2, 0.25) is 0 Å². The van der Waals surface area contributed by atoms with Crippen LogP contribution in [-0.2, 0) is 0 Å². The molecule has 0 aromatic carbocycles. The number of thioether (sulfide) groups is 1. The highest BCUT2D eigenvalue weighted by atomic mass is 32.2. The summed E-state index contributed by atoms with van der Waals surface area (Å²) in [6.07, 6.45) is 4.54.